The summed E-state index contributed by atoms with van der Waals surface area (Å²) in [4.78, 5) is 12.5. The lowest BCUT2D eigenvalue weighted by molar-refractivity contribution is 0.0991. The van der Waals surface area contributed by atoms with Gasteiger partial charge < -0.3 is 14.5 Å². The Labute approximate surface area is 201 Å². The van der Waals surface area contributed by atoms with Crippen molar-refractivity contribution in [2.24, 2.45) is 0 Å². The number of halogens is 7. The first kappa shape index (κ1) is 24.4. The zero-order valence-electron chi connectivity index (χ0n) is 17.2. The van der Waals surface area contributed by atoms with Crippen LogP contribution >= 0.6 is 15.9 Å². The lowest BCUT2D eigenvalue weighted by Gasteiger charge is -2.09. The van der Waals surface area contributed by atoms with E-state index in [9.17, 15) is 31.1 Å². The highest BCUT2D eigenvalue weighted by Gasteiger charge is 2.27. The topological polar surface area (TPSA) is 69.3 Å². The van der Waals surface area contributed by atoms with Crippen molar-refractivity contribution >= 4 is 27.7 Å². The summed E-state index contributed by atoms with van der Waals surface area (Å²) in [6.07, 6.45) is 1.52. The van der Waals surface area contributed by atoms with Crippen LogP contribution in [0.4, 0.5) is 32.2 Å². The monoisotopic (exact) mass is 559 g/mol. The van der Waals surface area contributed by atoms with Gasteiger partial charge in [-0.3, -0.25) is 9.48 Å². The van der Waals surface area contributed by atoms with E-state index in [0.717, 1.165) is 0 Å². The number of nitrogens with one attached hydrogen (secondary N) is 1. The van der Waals surface area contributed by atoms with Crippen LogP contribution in [0.3, 0.4) is 0 Å². The van der Waals surface area contributed by atoms with E-state index in [1.54, 1.807) is 18.2 Å². The Balaban J connectivity index is 1.42. The van der Waals surface area contributed by atoms with Gasteiger partial charge in [-0.1, -0.05) is 18.2 Å². The second kappa shape index (κ2) is 9.86. The second-order valence-electron chi connectivity index (χ2n) is 7.02. The van der Waals surface area contributed by atoms with Crippen LogP contribution in [0.25, 0.3) is 0 Å². The SMILES string of the molecule is O=C(Nc1nn(Cc2ccccc2F)cc1Br)c1ccc(COc2c(F)c(F)c(F)c(F)c2F)o1. The largest absolute Gasteiger partial charge is 0.479 e. The fourth-order valence-electron chi connectivity index (χ4n) is 2.97. The van der Waals surface area contributed by atoms with Crippen molar-refractivity contribution < 1.29 is 40.3 Å². The number of carbonyl (C=O) groups is 1. The van der Waals surface area contributed by atoms with E-state index in [-0.39, 0.29) is 23.9 Å². The van der Waals surface area contributed by atoms with Crippen LogP contribution in [0.5, 0.6) is 5.75 Å². The third-order valence-corrected chi connectivity index (χ3v) is 5.23. The van der Waals surface area contributed by atoms with Gasteiger partial charge in [-0.05, 0) is 34.1 Å². The first-order valence-electron chi connectivity index (χ1n) is 9.66. The zero-order chi connectivity index (χ0) is 25.3. The van der Waals surface area contributed by atoms with E-state index in [0.29, 0.717) is 10.0 Å². The molecule has 0 radical (unpaired) electrons. The number of aromatic nitrogens is 2. The number of anilines is 1. The highest BCUT2D eigenvalue weighted by atomic mass is 79.9. The fourth-order valence-corrected chi connectivity index (χ4v) is 3.38. The van der Waals surface area contributed by atoms with Gasteiger partial charge in [0.25, 0.3) is 5.91 Å². The maximum absolute atomic E-state index is 13.8. The van der Waals surface area contributed by atoms with Crippen molar-refractivity contribution in [1.82, 2.24) is 9.78 Å². The molecular weight excluding hydrogens is 548 g/mol. The van der Waals surface area contributed by atoms with Crippen LogP contribution in [-0.4, -0.2) is 15.7 Å². The summed E-state index contributed by atoms with van der Waals surface area (Å²) in [5, 5.41) is 6.62. The fraction of sp³-hybridized carbons (Fsp3) is 0.0909. The van der Waals surface area contributed by atoms with E-state index in [4.69, 9.17) is 9.15 Å². The quantitative estimate of drug-likeness (QED) is 0.172. The molecule has 2 aromatic carbocycles. The van der Waals surface area contributed by atoms with Gasteiger partial charge in [0.15, 0.2) is 17.3 Å². The number of hydrogen-bond donors (Lipinski definition) is 1. The van der Waals surface area contributed by atoms with E-state index in [1.807, 2.05) is 0 Å². The number of benzene rings is 2. The van der Waals surface area contributed by atoms with Crippen LogP contribution in [0.15, 0.2) is 51.5 Å². The summed E-state index contributed by atoms with van der Waals surface area (Å²) in [5.74, 6) is -13.8. The van der Waals surface area contributed by atoms with Gasteiger partial charge in [0.05, 0.1) is 11.0 Å². The molecule has 0 aliphatic heterocycles. The molecule has 0 atom stereocenters. The molecule has 0 saturated heterocycles. The predicted molar refractivity (Wildman–Crippen MR) is 113 cm³/mol. The van der Waals surface area contributed by atoms with Gasteiger partial charge >= 0.3 is 0 Å². The minimum Gasteiger partial charge on any atom is -0.479 e. The first-order valence-corrected chi connectivity index (χ1v) is 10.5. The first-order chi connectivity index (χ1) is 16.7. The molecule has 2 aromatic heterocycles. The van der Waals surface area contributed by atoms with E-state index < -0.39 is 53.2 Å². The lowest BCUT2D eigenvalue weighted by atomic mass is 10.2. The normalized spacial score (nSPS) is 11.1. The Morgan fingerprint density at radius 3 is 2.31 bits per heavy atom. The Morgan fingerprint density at radius 1 is 0.971 bits per heavy atom. The van der Waals surface area contributed by atoms with Crippen LogP contribution in [0.1, 0.15) is 21.9 Å². The molecule has 0 saturated carbocycles. The van der Waals surface area contributed by atoms with Crippen LogP contribution in [0, 0.1) is 34.9 Å². The summed E-state index contributed by atoms with van der Waals surface area (Å²) in [7, 11) is 0. The van der Waals surface area contributed by atoms with Crippen molar-refractivity contribution in [3.63, 3.8) is 0 Å². The number of hydrogen-bond acceptors (Lipinski definition) is 4. The van der Waals surface area contributed by atoms with Gasteiger partial charge in [0.1, 0.15) is 18.2 Å². The number of nitrogens with zero attached hydrogens (tertiary/aromatic N) is 2. The minimum absolute atomic E-state index is 0.0983. The summed E-state index contributed by atoms with van der Waals surface area (Å²) in [5.41, 5.74) is 0.379. The molecule has 0 bridgehead atoms. The van der Waals surface area contributed by atoms with E-state index >= 15 is 0 Å². The second-order valence-corrected chi connectivity index (χ2v) is 7.88. The van der Waals surface area contributed by atoms with Crippen molar-refractivity contribution in [3.05, 3.63) is 99.1 Å². The van der Waals surface area contributed by atoms with E-state index in [2.05, 4.69) is 26.3 Å². The molecule has 6 nitrogen and oxygen atoms in total. The molecule has 4 rings (SSSR count). The Hall–Kier alpha value is -3.74. The molecule has 0 unspecified atom stereocenters. The minimum atomic E-state index is -2.31. The maximum atomic E-state index is 13.8. The molecule has 1 amide bonds. The van der Waals surface area contributed by atoms with E-state index in [1.165, 1.54) is 29.1 Å². The Kier molecular flexibility index (Phi) is 6.87. The van der Waals surface area contributed by atoms with Gasteiger partial charge in [0.2, 0.25) is 29.1 Å². The third kappa shape index (κ3) is 5.04. The molecule has 4 aromatic rings. The number of carbonyl (C=O) groups excluding carboxylic acids is 1. The zero-order valence-corrected chi connectivity index (χ0v) is 18.8. The molecule has 2 heterocycles. The molecule has 0 spiro atoms. The third-order valence-electron chi connectivity index (χ3n) is 4.65. The molecular formula is C22H12BrF6N3O3. The van der Waals surface area contributed by atoms with Crippen molar-refractivity contribution in [2.45, 2.75) is 13.2 Å². The number of amides is 1. The van der Waals surface area contributed by atoms with Gasteiger partial charge in [-0.2, -0.15) is 13.9 Å². The average molecular weight is 560 g/mol. The highest BCUT2D eigenvalue weighted by molar-refractivity contribution is 9.10. The highest BCUT2D eigenvalue weighted by Crippen LogP contribution is 2.30. The van der Waals surface area contributed by atoms with Crippen LogP contribution in [-0.2, 0) is 13.2 Å². The molecule has 0 fully saturated rings. The van der Waals surface area contributed by atoms with Gasteiger partial charge in [0, 0.05) is 11.8 Å². The molecule has 13 heteroatoms. The van der Waals surface area contributed by atoms with Gasteiger partial charge in [-0.25, -0.2) is 17.6 Å². The smallest absolute Gasteiger partial charge is 0.292 e. The number of rotatable bonds is 7. The Morgan fingerprint density at radius 2 is 1.63 bits per heavy atom. The summed E-state index contributed by atoms with van der Waals surface area (Å²) >= 11 is 3.23. The maximum Gasteiger partial charge on any atom is 0.292 e. The van der Waals surface area contributed by atoms with Gasteiger partial charge in [-0.15, -0.1) is 0 Å². The summed E-state index contributed by atoms with van der Waals surface area (Å²) in [6.45, 7) is -0.631. The average Bonchev–Trinajstić information content (AvgIpc) is 3.44. The standard InChI is InChI=1S/C22H12BrF6N3O3/c23-12-8-32(7-10-3-1-2-4-13(10)24)31-21(12)30-22(33)14-6-5-11(35-14)9-34-20-18(28)16(26)15(25)17(27)19(20)29/h1-6,8H,7,9H2,(H,30,31,33). The summed E-state index contributed by atoms with van der Waals surface area (Å²) < 4.78 is 92.6. The molecule has 0 aliphatic rings. The van der Waals surface area contributed by atoms with Crippen molar-refractivity contribution in [2.75, 3.05) is 5.32 Å². The predicted octanol–water partition coefficient (Wildman–Crippen LogP) is 5.95. The number of ether oxygens (including phenoxy) is 1. The van der Waals surface area contributed by atoms with Crippen LogP contribution < -0.4 is 10.1 Å². The lowest BCUT2D eigenvalue weighted by Crippen LogP contribution is -2.12. The van der Waals surface area contributed by atoms with Crippen molar-refractivity contribution in [3.8, 4) is 5.75 Å². The molecule has 0 aliphatic carbocycles. The van der Waals surface area contributed by atoms with Crippen molar-refractivity contribution in [1.29, 1.82) is 0 Å². The molecule has 1 N–H and O–H groups in total. The Bertz CT molecular complexity index is 1390. The molecule has 35 heavy (non-hydrogen) atoms. The number of furan rings is 1. The van der Waals surface area contributed by atoms with Crippen LogP contribution in [0.2, 0.25) is 0 Å². The summed E-state index contributed by atoms with van der Waals surface area (Å²) in [6, 6.07) is 8.53. The molecule has 182 valence electrons.